The number of nitrogens with zero attached hydrogens (tertiary/aromatic N) is 2. The van der Waals surface area contributed by atoms with Crippen LogP contribution in [-0.4, -0.2) is 16.5 Å². The van der Waals surface area contributed by atoms with Gasteiger partial charge in [0.05, 0.1) is 0 Å². The van der Waals surface area contributed by atoms with E-state index in [2.05, 4.69) is 69.1 Å². The second kappa shape index (κ2) is 6.80. The topological polar surface area (TPSA) is 37.8 Å². The summed E-state index contributed by atoms with van der Waals surface area (Å²) in [6, 6.07) is 8.91. The third-order valence-electron chi connectivity index (χ3n) is 2.79. The fraction of sp³-hybridized carbons (Fsp3) is 0.286. The van der Waals surface area contributed by atoms with Crippen LogP contribution in [0.3, 0.4) is 0 Å². The Morgan fingerprint density at radius 1 is 1.17 bits per heavy atom. The molecule has 1 atom stereocenters. The molecule has 0 saturated heterocycles. The average molecular weight is 353 g/mol. The normalized spacial score (nSPS) is 12.3. The minimum absolute atomic E-state index is 0.274. The van der Waals surface area contributed by atoms with E-state index in [0.29, 0.717) is 0 Å². The number of benzene rings is 1. The van der Waals surface area contributed by atoms with Gasteiger partial charge in [-0.3, -0.25) is 0 Å². The van der Waals surface area contributed by atoms with E-state index in [4.69, 9.17) is 0 Å². The molecule has 0 spiro atoms. The molecule has 0 radical (unpaired) electrons. The molecule has 0 aliphatic rings. The molecule has 1 heterocycles. The summed E-state index contributed by atoms with van der Waals surface area (Å²) in [6.07, 6.45) is 6.29. The maximum atomic E-state index is 4.09. The molecule has 1 unspecified atom stereocenters. The Kier molecular flexibility index (Phi) is 5.07. The first-order chi connectivity index (χ1) is 8.79. The van der Waals surface area contributed by atoms with Gasteiger partial charge in [0.15, 0.2) is 0 Å². The minimum Gasteiger partial charge on any atom is -0.310 e. The van der Waals surface area contributed by atoms with Crippen molar-refractivity contribution < 1.29 is 0 Å². The first kappa shape index (κ1) is 13.4. The van der Waals surface area contributed by atoms with Gasteiger partial charge in [-0.15, -0.1) is 0 Å². The van der Waals surface area contributed by atoms with Crippen LogP contribution in [-0.2, 0) is 6.42 Å². The summed E-state index contributed by atoms with van der Waals surface area (Å²) in [4.78, 5) is 8.18. The van der Waals surface area contributed by atoms with Crippen LogP contribution in [0.15, 0.2) is 43.0 Å². The van der Waals surface area contributed by atoms with Gasteiger partial charge in [-0.1, -0.05) is 19.1 Å². The fourth-order valence-corrected chi connectivity index (χ4v) is 2.26. The molecule has 1 N–H and O–H groups in total. The highest BCUT2D eigenvalue weighted by molar-refractivity contribution is 14.1. The predicted octanol–water partition coefficient (Wildman–Crippen LogP) is 2.97. The van der Waals surface area contributed by atoms with E-state index in [1.807, 2.05) is 12.4 Å². The van der Waals surface area contributed by atoms with Crippen molar-refractivity contribution in [3.05, 3.63) is 57.7 Å². The number of hydrogen-bond donors (Lipinski definition) is 1. The van der Waals surface area contributed by atoms with E-state index in [0.717, 1.165) is 18.5 Å². The summed E-state index contributed by atoms with van der Waals surface area (Å²) in [6.45, 7) is 3.05. The molecule has 0 aliphatic carbocycles. The van der Waals surface area contributed by atoms with Crippen LogP contribution in [0.4, 0.5) is 0 Å². The van der Waals surface area contributed by atoms with Crippen molar-refractivity contribution in [3.8, 4) is 0 Å². The molecular formula is C14H16IN3. The molecule has 2 aromatic rings. The van der Waals surface area contributed by atoms with E-state index in [1.54, 1.807) is 6.33 Å². The van der Waals surface area contributed by atoms with Crippen molar-refractivity contribution in [1.29, 1.82) is 0 Å². The third-order valence-corrected chi connectivity index (χ3v) is 3.51. The van der Waals surface area contributed by atoms with E-state index in [-0.39, 0.29) is 6.04 Å². The molecule has 2 rings (SSSR count). The molecule has 1 aromatic carbocycles. The second-order valence-corrected chi connectivity index (χ2v) is 5.36. The quantitative estimate of drug-likeness (QED) is 0.840. The van der Waals surface area contributed by atoms with Crippen molar-refractivity contribution in [2.24, 2.45) is 0 Å². The van der Waals surface area contributed by atoms with E-state index in [1.165, 1.54) is 9.13 Å². The van der Waals surface area contributed by atoms with E-state index < -0.39 is 0 Å². The largest absolute Gasteiger partial charge is 0.310 e. The van der Waals surface area contributed by atoms with Gasteiger partial charge in [0.25, 0.3) is 0 Å². The maximum absolute atomic E-state index is 4.09. The SMILES string of the molecule is CCNC(Cc1ccc(I)cc1)c1cncnc1. The Balaban J connectivity index is 2.14. The smallest absolute Gasteiger partial charge is 0.115 e. The standard InChI is InChI=1S/C14H16IN3/c1-2-18-14(12-8-16-10-17-9-12)7-11-3-5-13(15)6-4-11/h3-6,8-10,14,18H,2,7H2,1H3. The number of aromatic nitrogens is 2. The summed E-state index contributed by atoms with van der Waals surface area (Å²) in [5.41, 5.74) is 2.46. The summed E-state index contributed by atoms with van der Waals surface area (Å²) in [7, 11) is 0. The Labute approximate surface area is 121 Å². The number of nitrogens with one attached hydrogen (secondary N) is 1. The van der Waals surface area contributed by atoms with Crippen LogP contribution < -0.4 is 5.32 Å². The molecule has 3 nitrogen and oxygen atoms in total. The minimum atomic E-state index is 0.274. The molecule has 0 amide bonds. The van der Waals surface area contributed by atoms with Crippen LogP contribution in [0.1, 0.15) is 24.1 Å². The summed E-state index contributed by atoms with van der Waals surface area (Å²) >= 11 is 2.32. The van der Waals surface area contributed by atoms with E-state index in [9.17, 15) is 0 Å². The van der Waals surface area contributed by atoms with Crippen LogP contribution in [0.25, 0.3) is 0 Å². The predicted molar refractivity (Wildman–Crippen MR) is 81.3 cm³/mol. The molecule has 0 saturated carbocycles. The van der Waals surface area contributed by atoms with Crippen molar-refractivity contribution >= 4 is 22.6 Å². The number of halogens is 1. The zero-order chi connectivity index (χ0) is 12.8. The lowest BCUT2D eigenvalue weighted by Gasteiger charge is -2.17. The van der Waals surface area contributed by atoms with Gasteiger partial charge in [0, 0.05) is 27.6 Å². The monoisotopic (exact) mass is 353 g/mol. The lowest BCUT2D eigenvalue weighted by Crippen LogP contribution is -2.23. The molecule has 4 heteroatoms. The Morgan fingerprint density at radius 3 is 2.44 bits per heavy atom. The highest BCUT2D eigenvalue weighted by atomic mass is 127. The number of rotatable bonds is 5. The fourth-order valence-electron chi connectivity index (χ4n) is 1.90. The van der Waals surface area contributed by atoms with Gasteiger partial charge in [0.2, 0.25) is 0 Å². The van der Waals surface area contributed by atoms with Crippen molar-refractivity contribution in [2.45, 2.75) is 19.4 Å². The lowest BCUT2D eigenvalue weighted by molar-refractivity contribution is 0.546. The van der Waals surface area contributed by atoms with Gasteiger partial charge < -0.3 is 5.32 Å². The third kappa shape index (κ3) is 3.74. The summed E-state index contributed by atoms with van der Waals surface area (Å²) in [5, 5.41) is 3.48. The van der Waals surface area contributed by atoms with E-state index >= 15 is 0 Å². The zero-order valence-electron chi connectivity index (χ0n) is 10.3. The summed E-state index contributed by atoms with van der Waals surface area (Å²) < 4.78 is 1.26. The average Bonchev–Trinajstić information content (AvgIpc) is 2.42. The van der Waals surface area contributed by atoms with Crippen molar-refractivity contribution in [2.75, 3.05) is 6.54 Å². The highest BCUT2D eigenvalue weighted by Crippen LogP contribution is 2.17. The second-order valence-electron chi connectivity index (χ2n) is 4.11. The van der Waals surface area contributed by atoms with Gasteiger partial charge >= 0.3 is 0 Å². The molecule has 0 bridgehead atoms. The lowest BCUT2D eigenvalue weighted by atomic mass is 10.0. The first-order valence-corrected chi connectivity index (χ1v) is 7.10. The molecule has 0 fully saturated rings. The molecule has 1 aromatic heterocycles. The zero-order valence-corrected chi connectivity index (χ0v) is 12.5. The number of likely N-dealkylation sites (N-methyl/N-ethyl adjacent to an activating group) is 1. The van der Waals surface area contributed by atoms with Crippen LogP contribution in [0, 0.1) is 3.57 Å². The molecule has 94 valence electrons. The maximum Gasteiger partial charge on any atom is 0.115 e. The van der Waals surface area contributed by atoms with Gasteiger partial charge in [-0.05, 0) is 53.3 Å². The molecular weight excluding hydrogens is 337 g/mol. The van der Waals surface area contributed by atoms with Gasteiger partial charge in [-0.25, -0.2) is 9.97 Å². The van der Waals surface area contributed by atoms with Gasteiger partial charge in [-0.2, -0.15) is 0 Å². The van der Waals surface area contributed by atoms with Crippen LogP contribution in [0.5, 0.6) is 0 Å². The highest BCUT2D eigenvalue weighted by Gasteiger charge is 2.11. The van der Waals surface area contributed by atoms with Crippen molar-refractivity contribution in [1.82, 2.24) is 15.3 Å². The van der Waals surface area contributed by atoms with Crippen LogP contribution in [0.2, 0.25) is 0 Å². The number of hydrogen-bond acceptors (Lipinski definition) is 3. The molecule has 18 heavy (non-hydrogen) atoms. The van der Waals surface area contributed by atoms with Crippen molar-refractivity contribution in [3.63, 3.8) is 0 Å². The Bertz CT molecular complexity index is 470. The van der Waals surface area contributed by atoms with Crippen LogP contribution >= 0.6 is 22.6 Å². The van der Waals surface area contributed by atoms with Gasteiger partial charge in [0.1, 0.15) is 6.33 Å². The Hall–Kier alpha value is -1.01. The Morgan fingerprint density at radius 2 is 1.83 bits per heavy atom. The molecule has 0 aliphatic heterocycles. The summed E-state index contributed by atoms with van der Waals surface area (Å²) in [5.74, 6) is 0. The first-order valence-electron chi connectivity index (χ1n) is 6.02.